The maximum atomic E-state index is 11.0. The van der Waals surface area contributed by atoms with Gasteiger partial charge in [-0.15, -0.1) is 0 Å². The van der Waals surface area contributed by atoms with E-state index in [9.17, 15) is 14.9 Å². The summed E-state index contributed by atoms with van der Waals surface area (Å²) in [6.07, 6.45) is 0. The highest BCUT2D eigenvalue weighted by atomic mass is 79.9. The molecular weight excluding hydrogens is 311 g/mol. The highest BCUT2D eigenvalue weighted by Gasteiger charge is 2.30. The standard InChI is InChI=1S/C10H10BrClN2O3/c1-6(15)13-9(10(11)14(16)17)7-2-4-8(12)5-3-7/h2-5,9-10H,1H3,(H,13,15)/t9-,10+/m1/s1. The maximum absolute atomic E-state index is 11.0. The Morgan fingerprint density at radius 2 is 2.00 bits per heavy atom. The molecule has 17 heavy (non-hydrogen) atoms. The van der Waals surface area contributed by atoms with Crippen molar-refractivity contribution in [2.75, 3.05) is 0 Å². The molecule has 0 unspecified atom stereocenters. The molecule has 2 atom stereocenters. The van der Waals surface area contributed by atoms with Crippen LogP contribution in [-0.2, 0) is 4.79 Å². The van der Waals surface area contributed by atoms with Crippen molar-refractivity contribution in [3.63, 3.8) is 0 Å². The summed E-state index contributed by atoms with van der Waals surface area (Å²) >= 11 is 8.68. The first kappa shape index (κ1) is 13.9. The fourth-order valence-electron chi connectivity index (χ4n) is 1.32. The van der Waals surface area contributed by atoms with Crippen LogP contribution in [0.3, 0.4) is 0 Å². The third kappa shape index (κ3) is 3.98. The molecular formula is C10H10BrClN2O3. The molecule has 0 aromatic heterocycles. The van der Waals surface area contributed by atoms with E-state index in [-0.39, 0.29) is 5.91 Å². The lowest BCUT2D eigenvalue weighted by Crippen LogP contribution is -2.35. The van der Waals surface area contributed by atoms with Gasteiger partial charge in [-0.05, 0) is 33.6 Å². The van der Waals surface area contributed by atoms with Crippen LogP contribution in [0.1, 0.15) is 18.5 Å². The normalized spacial score (nSPS) is 13.8. The second-order valence-corrected chi connectivity index (χ2v) is 4.76. The third-order valence-corrected chi connectivity index (χ3v) is 3.18. The minimum absolute atomic E-state index is 0.337. The molecule has 0 aliphatic rings. The number of carbonyl (C=O) groups excluding carboxylic acids is 1. The van der Waals surface area contributed by atoms with Crippen LogP contribution in [0.2, 0.25) is 5.02 Å². The lowest BCUT2D eigenvalue weighted by Gasteiger charge is -2.18. The number of amides is 1. The van der Waals surface area contributed by atoms with Crippen molar-refractivity contribution in [3.05, 3.63) is 45.0 Å². The van der Waals surface area contributed by atoms with Gasteiger partial charge in [-0.25, -0.2) is 0 Å². The molecule has 0 saturated heterocycles. The molecule has 0 saturated carbocycles. The maximum Gasteiger partial charge on any atom is 0.289 e. The van der Waals surface area contributed by atoms with Crippen LogP contribution in [0.25, 0.3) is 0 Å². The van der Waals surface area contributed by atoms with Crippen LogP contribution < -0.4 is 5.32 Å². The fourth-order valence-corrected chi connectivity index (χ4v) is 1.89. The molecule has 1 amide bonds. The second kappa shape index (κ2) is 5.97. The van der Waals surface area contributed by atoms with E-state index in [2.05, 4.69) is 21.2 Å². The van der Waals surface area contributed by atoms with Gasteiger partial charge in [0, 0.05) is 16.9 Å². The molecule has 0 aliphatic heterocycles. The number of alkyl halides is 1. The Kier molecular flexibility index (Phi) is 4.89. The summed E-state index contributed by atoms with van der Waals surface area (Å²) in [5.41, 5.74) is 0.614. The Labute approximate surface area is 111 Å². The number of benzene rings is 1. The number of nitrogens with zero attached hydrogens (tertiary/aromatic N) is 1. The molecule has 92 valence electrons. The van der Waals surface area contributed by atoms with Gasteiger partial charge in [0.2, 0.25) is 5.91 Å². The quantitative estimate of drug-likeness (QED) is 0.401. The summed E-state index contributed by atoms with van der Waals surface area (Å²) in [6.45, 7) is 1.31. The zero-order valence-corrected chi connectivity index (χ0v) is 11.2. The van der Waals surface area contributed by atoms with E-state index < -0.39 is 15.9 Å². The Bertz CT molecular complexity index is 424. The molecule has 7 heteroatoms. The summed E-state index contributed by atoms with van der Waals surface area (Å²) in [5.74, 6) is -0.337. The van der Waals surface area contributed by atoms with Gasteiger partial charge in [0.05, 0.1) is 0 Å². The highest BCUT2D eigenvalue weighted by Crippen LogP contribution is 2.24. The largest absolute Gasteiger partial charge is 0.342 e. The predicted molar refractivity (Wildman–Crippen MR) is 67.7 cm³/mol. The fraction of sp³-hybridized carbons (Fsp3) is 0.300. The summed E-state index contributed by atoms with van der Waals surface area (Å²) in [7, 11) is 0. The summed E-state index contributed by atoms with van der Waals surface area (Å²) in [4.78, 5) is 20.2. The molecule has 0 heterocycles. The number of hydrogen-bond acceptors (Lipinski definition) is 3. The Balaban J connectivity index is 3.01. The highest BCUT2D eigenvalue weighted by molar-refractivity contribution is 9.09. The van der Waals surface area contributed by atoms with Crippen LogP contribution in [0.4, 0.5) is 0 Å². The third-order valence-electron chi connectivity index (χ3n) is 2.06. The van der Waals surface area contributed by atoms with E-state index in [0.29, 0.717) is 10.6 Å². The first-order chi connectivity index (χ1) is 7.91. The van der Waals surface area contributed by atoms with E-state index in [0.717, 1.165) is 0 Å². The van der Waals surface area contributed by atoms with Crippen LogP contribution in [-0.4, -0.2) is 15.8 Å². The molecule has 0 bridgehead atoms. The smallest absolute Gasteiger partial charge is 0.289 e. The number of halogens is 2. The SMILES string of the molecule is CC(=O)N[C@H](c1ccc(Cl)cc1)[C@@H](Br)[N+](=O)[O-]. The minimum atomic E-state index is -1.09. The van der Waals surface area contributed by atoms with E-state index in [1.807, 2.05) is 0 Å². The summed E-state index contributed by atoms with van der Waals surface area (Å²) in [6, 6.07) is 5.78. The molecule has 0 radical (unpaired) electrons. The molecule has 0 fully saturated rings. The van der Waals surface area contributed by atoms with Gasteiger partial charge in [0.25, 0.3) is 4.95 Å². The van der Waals surface area contributed by atoms with Crippen molar-refractivity contribution in [3.8, 4) is 0 Å². The van der Waals surface area contributed by atoms with E-state index in [1.165, 1.54) is 6.92 Å². The van der Waals surface area contributed by atoms with Gasteiger partial charge in [-0.1, -0.05) is 23.7 Å². The van der Waals surface area contributed by atoms with Crippen molar-refractivity contribution in [2.45, 2.75) is 17.9 Å². The van der Waals surface area contributed by atoms with Gasteiger partial charge in [0.1, 0.15) is 6.04 Å². The summed E-state index contributed by atoms with van der Waals surface area (Å²) < 4.78 is 0. The van der Waals surface area contributed by atoms with Gasteiger partial charge in [-0.3, -0.25) is 14.9 Å². The monoisotopic (exact) mass is 320 g/mol. The number of carbonyl (C=O) groups is 1. The first-order valence-electron chi connectivity index (χ1n) is 4.72. The number of nitro groups is 1. The number of rotatable bonds is 4. The molecule has 1 aromatic rings. The molecule has 1 rings (SSSR count). The van der Waals surface area contributed by atoms with Crippen LogP contribution in [0, 0.1) is 10.1 Å². The van der Waals surface area contributed by atoms with Crippen molar-refractivity contribution in [2.24, 2.45) is 0 Å². The first-order valence-corrected chi connectivity index (χ1v) is 6.01. The second-order valence-electron chi connectivity index (χ2n) is 3.39. The van der Waals surface area contributed by atoms with Gasteiger partial charge in [0.15, 0.2) is 0 Å². The Morgan fingerprint density at radius 1 is 1.47 bits per heavy atom. The average Bonchev–Trinajstić information content (AvgIpc) is 2.26. The van der Waals surface area contributed by atoms with Crippen LogP contribution in [0.15, 0.2) is 24.3 Å². The lowest BCUT2D eigenvalue weighted by molar-refractivity contribution is -0.497. The van der Waals surface area contributed by atoms with E-state index in [1.54, 1.807) is 24.3 Å². The molecule has 1 N–H and O–H groups in total. The zero-order chi connectivity index (χ0) is 13.0. The number of hydrogen-bond donors (Lipinski definition) is 1. The molecule has 0 spiro atoms. The van der Waals surface area contributed by atoms with Gasteiger partial charge >= 0.3 is 0 Å². The predicted octanol–water partition coefficient (Wildman–Crippen LogP) is 2.51. The molecule has 1 aromatic carbocycles. The van der Waals surface area contributed by atoms with Crippen molar-refractivity contribution >= 4 is 33.4 Å². The van der Waals surface area contributed by atoms with Crippen molar-refractivity contribution < 1.29 is 9.72 Å². The Hall–Kier alpha value is -1.14. The van der Waals surface area contributed by atoms with E-state index in [4.69, 9.17) is 11.6 Å². The van der Waals surface area contributed by atoms with Crippen molar-refractivity contribution in [1.29, 1.82) is 0 Å². The van der Waals surface area contributed by atoms with Gasteiger partial charge in [-0.2, -0.15) is 0 Å². The molecule has 5 nitrogen and oxygen atoms in total. The van der Waals surface area contributed by atoms with Gasteiger partial charge < -0.3 is 5.32 Å². The molecule has 0 aliphatic carbocycles. The Morgan fingerprint density at radius 3 is 2.41 bits per heavy atom. The lowest BCUT2D eigenvalue weighted by atomic mass is 10.1. The minimum Gasteiger partial charge on any atom is -0.342 e. The summed E-state index contributed by atoms with van der Waals surface area (Å²) in [5, 5.41) is 13.8. The average molecular weight is 322 g/mol. The van der Waals surface area contributed by atoms with Crippen LogP contribution in [0.5, 0.6) is 0 Å². The number of nitrogens with one attached hydrogen (secondary N) is 1. The zero-order valence-electron chi connectivity index (χ0n) is 8.89. The van der Waals surface area contributed by atoms with Crippen molar-refractivity contribution in [1.82, 2.24) is 5.32 Å². The van der Waals surface area contributed by atoms with Crippen LogP contribution >= 0.6 is 27.5 Å². The van der Waals surface area contributed by atoms with E-state index >= 15 is 0 Å². The topological polar surface area (TPSA) is 72.2 Å².